The molecule has 0 aliphatic heterocycles. The van der Waals surface area contributed by atoms with Gasteiger partial charge < -0.3 is 9.80 Å². The molecule has 0 N–H and O–H groups in total. The SMILES string of the molecule is CC1CC2CC(C1)CC(c1ccc3c(N(c4ccccc4)c4ccc(C(C)C)cc4)c4ccccc4c(N(c4ccccc4)c4ccc(C(C)C)cc4)c3c1)C2. The summed E-state index contributed by atoms with van der Waals surface area (Å²) in [5, 5.41) is 5.05. The Hall–Kier alpha value is -5.34. The maximum Gasteiger partial charge on any atom is 0.0620 e. The van der Waals surface area contributed by atoms with Gasteiger partial charge in [0.1, 0.15) is 0 Å². The van der Waals surface area contributed by atoms with E-state index in [-0.39, 0.29) is 0 Å². The summed E-state index contributed by atoms with van der Waals surface area (Å²) in [5.41, 5.74) is 11.4. The average molecular weight is 733 g/mol. The number of hydrogen-bond acceptors (Lipinski definition) is 2. The first-order chi connectivity index (χ1) is 27.3. The Bertz CT molecular complexity index is 2410. The number of hydrogen-bond donors (Lipinski definition) is 0. The van der Waals surface area contributed by atoms with Crippen molar-refractivity contribution in [2.24, 2.45) is 17.8 Å². The van der Waals surface area contributed by atoms with Crippen LogP contribution in [0, 0.1) is 17.8 Å². The highest BCUT2D eigenvalue weighted by Crippen LogP contribution is 2.53. The molecule has 2 nitrogen and oxygen atoms in total. The molecule has 2 aliphatic rings. The maximum atomic E-state index is 2.61. The molecule has 0 saturated heterocycles. The van der Waals surface area contributed by atoms with Gasteiger partial charge in [-0.25, -0.2) is 0 Å². The zero-order valence-electron chi connectivity index (χ0n) is 33.8. The van der Waals surface area contributed by atoms with Crippen LogP contribution in [0.15, 0.2) is 152 Å². The number of nitrogens with zero attached hydrogens (tertiary/aromatic N) is 2. The van der Waals surface area contributed by atoms with Crippen molar-refractivity contribution in [1.82, 2.24) is 0 Å². The Morgan fingerprint density at radius 1 is 0.411 bits per heavy atom. The molecule has 0 aromatic heterocycles. The fourth-order valence-electron chi connectivity index (χ4n) is 10.3. The monoisotopic (exact) mass is 732 g/mol. The number of benzene rings is 7. The van der Waals surface area contributed by atoms with Crippen LogP contribution < -0.4 is 9.80 Å². The summed E-state index contributed by atoms with van der Waals surface area (Å²) in [4.78, 5) is 5.04. The van der Waals surface area contributed by atoms with Crippen LogP contribution in [-0.4, -0.2) is 0 Å². The lowest BCUT2D eigenvalue weighted by Gasteiger charge is -2.42. The van der Waals surface area contributed by atoms with Crippen molar-refractivity contribution in [3.05, 3.63) is 168 Å². The summed E-state index contributed by atoms with van der Waals surface area (Å²) >= 11 is 0. The van der Waals surface area contributed by atoms with E-state index >= 15 is 0 Å². The minimum Gasteiger partial charge on any atom is -0.309 e. The number of rotatable bonds is 9. The largest absolute Gasteiger partial charge is 0.309 e. The summed E-state index contributed by atoms with van der Waals surface area (Å²) in [6.07, 6.45) is 6.80. The first-order valence-corrected chi connectivity index (χ1v) is 21.2. The van der Waals surface area contributed by atoms with E-state index in [0.29, 0.717) is 17.8 Å². The normalized spacial score (nSPS) is 19.5. The van der Waals surface area contributed by atoms with Crippen molar-refractivity contribution in [3.63, 3.8) is 0 Å². The third-order valence-electron chi connectivity index (χ3n) is 12.9. The van der Waals surface area contributed by atoms with Gasteiger partial charge in [-0.05, 0) is 139 Å². The molecule has 0 spiro atoms. The van der Waals surface area contributed by atoms with Crippen molar-refractivity contribution in [1.29, 1.82) is 0 Å². The van der Waals surface area contributed by atoms with Crippen LogP contribution in [0.1, 0.15) is 101 Å². The second-order valence-corrected chi connectivity index (χ2v) is 17.6. The van der Waals surface area contributed by atoms with Gasteiger partial charge >= 0.3 is 0 Å². The van der Waals surface area contributed by atoms with Crippen LogP contribution in [0.4, 0.5) is 34.1 Å². The van der Waals surface area contributed by atoms with Crippen LogP contribution in [0.2, 0.25) is 0 Å². The zero-order valence-corrected chi connectivity index (χ0v) is 33.8. The van der Waals surface area contributed by atoms with Gasteiger partial charge in [0.2, 0.25) is 0 Å². The molecule has 2 saturated carbocycles. The molecule has 282 valence electrons. The van der Waals surface area contributed by atoms with Crippen molar-refractivity contribution in [2.75, 3.05) is 9.80 Å². The molecule has 56 heavy (non-hydrogen) atoms. The van der Waals surface area contributed by atoms with Crippen molar-refractivity contribution < 1.29 is 0 Å². The molecule has 2 atom stereocenters. The van der Waals surface area contributed by atoms with Crippen molar-refractivity contribution in [3.8, 4) is 0 Å². The van der Waals surface area contributed by atoms with Gasteiger partial charge in [0, 0.05) is 44.3 Å². The van der Waals surface area contributed by atoms with E-state index in [9.17, 15) is 0 Å². The van der Waals surface area contributed by atoms with Gasteiger partial charge in [0.15, 0.2) is 0 Å². The highest BCUT2D eigenvalue weighted by Gasteiger charge is 2.36. The minimum atomic E-state index is 0.467. The van der Waals surface area contributed by atoms with Crippen LogP contribution in [0.3, 0.4) is 0 Å². The Morgan fingerprint density at radius 3 is 1.29 bits per heavy atom. The van der Waals surface area contributed by atoms with Crippen molar-refractivity contribution in [2.45, 2.75) is 84.5 Å². The Kier molecular flexibility index (Phi) is 9.92. The number of anilines is 6. The second kappa shape index (κ2) is 15.3. The lowest BCUT2D eigenvalue weighted by Crippen LogP contribution is -2.29. The van der Waals surface area contributed by atoms with E-state index in [1.165, 1.54) is 98.8 Å². The standard InChI is InChI=1S/C54H56N2/c1-36(2)41-20-25-47(26-21-41)55(45-14-8-6-9-15-45)53-49-18-12-13-19-50(49)54(56(46-16-10-7-11-17-46)48-27-22-42(23-28-48)37(3)4)52-35-43(24-29-51(52)53)44-33-39-30-38(5)31-40(32-39)34-44/h6-29,35-40,44H,30-34H2,1-5H3. The quantitative estimate of drug-likeness (QED) is 0.108. The van der Waals surface area contributed by atoms with Crippen LogP contribution in [0.25, 0.3) is 21.5 Å². The second-order valence-electron chi connectivity index (χ2n) is 17.6. The third kappa shape index (κ3) is 6.89. The maximum absolute atomic E-state index is 2.61. The predicted octanol–water partition coefficient (Wildman–Crippen LogP) is 16.1. The Balaban J connectivity index is 1.35. The molecule has 2 unspecified atom stereocenters. The predicted molar refractivity (Wildman–Crippen MR) is 241 cm³/mol. The minimum absolute atomic E-state index is 0.467. The molecule has 0 amide bonds. The lowest BCUT2D eigenvalue weighted by atomic mass is 9.64. The zero-order chi connectivity index (χ0) is 38.3. The summed E-state index contributed by atoms with van der Waals surface area (Å²) in [5.74, 6) is 4.06. The molecule has 2 bridgehead atoms. The smallest absolute Gasteiger partial charge is 0.0620 e. The van der Waals surface area contributed by atoms with E-state index in [1.807, 2.05) is 0 Å². The summed E-state index contributed by atoms with van der Waals surface area (Å²) in [6, 6.07) is 57.3. The highest BCUT2D eigenvalue weighted by atomic mass is 15.2. The molecule has 2 fully saturated rings. The Morgan fingerprint density at radius 2 is 0.821 bits per heavy atom. The van der Waals surface area contributed by atoms with E-state index in [1.54, 1.807) is 0 Å². The summed E-state index contributed by atoms with van der Waals surface area (Å²) in [6.45, 7) is 11.6. The first-order valence-electron chi connectivity index (χ1n) is 21.2. The fraction of sp³-hybridized carbons (Fsp3) is 0.296. The molecular weight excluding hydrogens is 677 g/mol. The van der Waals surface area contributed by atoms with Gasteiger partial charge in [-0.1, -0.05) is 132 Å². The van der Waals surface area contributed by atoms with Gasteiger partial charge in [-0.3, -0.25) is 0 Å². The van der Waals surface area contributed by atoms with Crippen LogP contribution in [-0.2, 0) is 0 Å². The third-order valence-corrected chi connectivity index (χ3v) is 12.9. The summed E-state index contributed by atoms with van der Waals surface area (Å²) < 4.78 is 0. The number of para-hydroxylation sites is 2. The van der Waals surface area contributed by atoms with Crippen LogP contribution >= 0.6 is 0 Å². The molecule has 7 aromatic rings. The Labute approximate surface area is 334 Å². The summed E-state index contributed by atoms with van der Waals surface area (Å²) in [7, 11) is 0. The van der Waals surface area contributed by atoms with E-state index < -0.39 is 0 Å². The first kappa shape index (κ1) is 36.3. The van der Waals surface area contributed by atoms with E-state index in [0.717, 1.165) is 23.4 Å². The van der Waals surface area contributed by atoms with E-state index in [2.05, 4.69) is 196 Å². The molecule has 0 radical (unpaired) electrons. The van der Waals surface area contributed by atoms with Gasteiger partial charge in [0.25, 0.3) is 0 Å². The lowest BCUT2D eigenvalue weighted by molar-refractivity contribution is 0.130. The molecule has 9 rings (SSSR count). The molecule has 2 aliphatic carbocycles. The molecular formula is C54H56N2. The van der Waals surface area contributed by atoms with Crippen LogP contribution in [0.5, 0.6) is 0 Å². The van der Waals surface area contributed by atoms with Gasteiger partial charge in [0.05, 0.1) is 11.4 Å². The van der Waals surface area contributed by atoms with Crippen molar-refractivity contribution >= 4 is 55.7 Å². The molecule has 0 heterocycles. The molecule has 2 heteroatoms. The van der Waals surface area contributed by atoms with E-state index in [4.69, 9.17) is 0 Å². The van der Waals surface area contributed by atoms with Gasteiger partial charge in [-0.15, -0.1) is 0 Å². The highest BCUT2D eigenvalue weighted by molar-refractivity contribution is 6.23. The molecule has 7 aromatic carbocycles. The average Bonchev–Trinajstić information content (AvgIpc) is 3.22. The van der Waals surface area contributed by atoms with Gasteiger partial charge in [-0.2, -0.15) is 0 Å². The fourth-order valence-corrected chi connectivity index (χ4v) is 10.3. The number of fused-ring (bicyclic) bond motifs is 4. The topological polar surface area (TPSA) is 6.48 Å².